The maximum atomic E-state index is 7.48. The Morgan fingerprint density at radius 1 is 1.39 bits per heavy atom. The lowest BCUT2D eigenvalue weighted by Crippen LogP contribution is -2.12. The largest absolute Gasteiger partial charge is 0.486 e. The minimum Gasteiger partial charge on any atom is -0.486 e. The monoisotopic (exact) mass is 261 g/mol. The van der Waals surface area contributed by atoms with Crippen molar-refractivity contribution in [1.82, 2.24) is 4.98 Å². The predicted octanol–water partition coefficient (Wildman–Crippen LogP) is 2.62. The van der Waals surface area contributed by atoms with Crippen LogP contribution in [0.3, 0.4) is 0 Å². The lowest BCUT2D eigenvalue weighted by molar-refractivity contribution is 0.305. The fraction of sp³-hybridized carbons (Fsp3) is 0.231. The van der Waals surface area contributed by atoms with Crippen molar-refractivity contribution in [2.45, 2.75) is 20.5 Å². The van der Waals surface area contributed by atoms with E-state index >= 15 is 0 Å². The van der Waals surface area contributed by atoms with E-state index in [-0.39, 0.29) is 5.84 Å². The molecular weight excluding hydrogens is 246 g/mol. The number of para-hydroxylation sites is 1. The number of nitrogen functional groups attached to an aromatic ring is 1. The van der Waals surface area contributed by atoms with Gasteiger partial charge in [0.15, 0.2) is 0 Å². The van der Waals surface area contributed by atoms with Gasteiger partial charge in [0, 0.05) is 4.88 Å². The first-order valence-electron chi connectivity index (χ1n) is 5.57. The Labute approximate surface area is 110 Å². The minimum absolute atomic E-state index is 0.0112. The number of benzene rings is 1. The smallest absolute Gasteiger partial charge is 0.140 e. The first kappa shape index (κ1) is 12.6. The molecule has 4 nitrogen and oxygen atoms in total. The summed E-state index contributed by atoms with van der Waals surface area (Å²) in [6, 6.07) is 7.28. The molecule has 0 amide bonds. The Kier molecular flexibility index (Phi) is 3.62. The highest BCUT2D eigenvalue weighted by atomic mass is 32.1. The molecule has 1 aromatic carbocycles. The molecule has 0 aliphatic rings. The molecule has 0 atom stereocenters. The van der Waals surface area contributed by atoms with Gasteiger partial charge in [-0.15, -0.1) is 11.3 Å². The molecule has 0 aliphatic heterocycles. The second-order valence-corrected chi connectivity index (χ2v) is 5.24. The second-order valence-electron chi connectivity index (χ2n) is 3.95. The summed E-state index contributed by atoms with van der Waals surface area (Å²) >= 11 is 1.63. The molecule has 5 heteroatoms. The quantitative estimate of drug-likeness (QED) is 0.656. The van der Waals surface area contributed by atoms with E-state index in [4.69, 9.17) is 15.9 Å². The molecule has 1 aromatic heterocycles. The summed E-state index contributed by atoms with van der Waals surface area (Å²) in [5.74, 6) is 0.632. The number of thiazole rings is 1. The SMILES string of the molecule is Cc1nc(COc2ccccc2C(=N)N)sc1C. The molecule has 0 spiro atoms. The number of aromatic nitrogens is 1. The molecule has 0 saturated carbocycles. The zero-order chi connectivity index (χ0) is 13.1. The lowest BCUT2D eigenvalue weighted by atomic mass is 10.2. The lowest BCUT2D eigenvalue weighted by Gasteiger charge is -2.08. The highest BCUT2D eigenvalue weighted by Gasteiger charge is 2.08. The van der Waals surface area contributed by atoms with Crippen molar-refractivity contribution in [3.8, 4) is 5.75 Å². The van der Waals surface area contributed by atoms with Crippen molar-refractivity contribution in [3.63, 3.8) is 0 Å². The van der Waals surface area contributed by atoms with Crippen molar-refractivity contribution < 1.29 is 4.74 Å². The van der Waals surface area contributed by atoms with Crippen molar-refractivity contribution in [2.24, 2.45) is 5.73 Å². The fourth-order valence-electron chi connectivity index (χ4n) is 1.56. The van der Waals surface area contributed by atoms with Gasteiger partial charge in [0.2, 0.25) is 0 Å². The van der Waals surface area contributed by atoms with Gasteiger partial charge in [0.1, 0.15) is 23.2 Å². The van der Waals surface area contributed by atoms with Gasteiger partial charge in [-0.3, -0.25) is 5.41 Å². The van der Waals surface area contributed by atoms with Crippen LogP contribution in [-0.4, -0.2) is 10.8 Å². The van der Waals surface area contributed by atoms with Gasteiger partial charge in [-0.2, -0.15) is 0 Å². The Morgan fingerprint density at radius 3 is 2.72 bits per heavy atom. The Balaban J connectivity index is 2.13. The molecule has 1 heterocycles. The molecule has 18 heavy (non-hydrogen) atoms. The van der Waals surface area contributed by atoms with Crippen LogP contribution in [0.1, 0.15) is 21.1 Å². The minimum atomic E-state index is 0.0112. The number of hydrogen-bond donors (Lipinski definition) is 2. The van der Waals surface area contributed by atoms with Crippen LogP contribution in [0.15, 0.2) is 24.3 Å². The molecule has 2 rings (SSSR count). The van der Waals surface area contributed by atoms with E-state index in [0.29, 0.717) is 17.9 Å². The third-order valence-corrected chi connectivity index (χ3v) is 3.65. The van der Waals surface area contributed by atoms with E-state index in [1.807, 2.05) is 32.0 Å². The maximum Gasteiger partial charge on any atom is 0.140 e. The number of hydrogen-bond acceptors (Lipinski definition) is 4. The van der Waals surface area contributed by atoms with Crippen LogP contribution in [-0.2, 0) is 6.61 Å². The van der Waals surface area contributed by atoms with E-state index in [1.165, 1.54) is 4.88 Å². The van der Waals surface area contributed by atoms with Crippen LogP contribution in [0.4, 0.5) is 0 Å². The van der Waals surface area contributed by atoms with E-state index in [1.54, 1.807) is 17.4 Å². The van der Waals surface area contributed by atoms with Gasteiger partial charge in [-0.25, -0.2) is 4.98 Å². The van der Waals surface area contributed by atoms with Crippen LogP contribution < -0.4 is 10.5 Å². The first-order chi connectivity index (χ1) is 8.58. The summed E-state index contributed by atoms with van der Waals surface area (Å²) in [6.07, 6.45) is 0. The average molecular weight is 261 g/mol. The molecule has 2 aromatic rings. The summed E-state index contributed by atoms with van der Waals surface area (Å²) in [5.41, 5.74) is 7.16. The first-order valence-corrected chi connectivity index (χ1v) is 6.38. The van der Waals surface area contributed by atoms with E-state index in [9.17, 15) is 0 Å². The Hall–Kier alpha value is -1.88. The fourth-order valence-corrected chi connectivity index (χ4v) is 2.40. The van der Waals surface area contributed by atoms with E-state index < -0.39 is 0 Å². The zero-order valence-corrected chi connectivity index (χ0v) is 11.2. The summed E-state index contributed by atoms with van der Waals surface area (Å²) in [6.45, 7) is 4.43. The third kappa shape index (κ3) is 2.68. The molecule has 0 radical (unpaired) electrons. The van der Waals surface area contributed by atoms with Crippen LogP contribution in [0, 0.1) is 19.3 Å². The van der Waals surface area contributed by atoms with Crippen molar-refractivity contribution in [3.05, 3.63) is 45.4 Å². The van der Waals surface area contributed by atoms with E-state index in [2.05, 4.69) is 4.98 Å². The summed E-state index contributed by atoms with van der Waals surface area (Å²) in [5, 5.41) is 8.42. The second kappa shape index (κ2) is 5.18. The number of amidine groups is 1. The third-order valence-electron chi connectivity index (χ3n) is 2.60. The molecule has 0 fully saturated rings. The van der Waals surface area contributed by atoms with Crippen molar-refractivity contribution in [2.75, 3.05) is 0 Å². The number of ether oxygens (including phenoxy) is 1. The standard InChI is InChI=1S/C13H15N3OS/c1-8-9(2)18-12(16-8)7-17-11-6-4-3-5-10(11)13(14)15/h3-6H,7H2,1-2H3,(H3,14,15). The van der Waals surface area contributed by atoms with Gasteiger partial charge in [-0.1, -0.05) is 12.1 Å². The van der Waals surface area contributed by atoms with Crippen molar-refractivity contribution in [1.29, 1.82) is 5.41 Å². The topological polar surface area (TPSA) is 72.0 Å². The summed E-state index contributed by atoms with van der Waals surface area (Å²) in [4.78, 5) is 5.61. The summed E-state index contributed by atoms with van der Waals surface area (Å²) in [7, 11) is 0. The van der Waals surface area contributed by atoms with Crippen LogP contribution in [0.5, 0.6) is 5.75 Å². The van der Waals surface area contributed by atoms with Crippen LogP contribution in [0.25, 0.3) is 0 Å². The van der Waals surface area contributed by atoms with Crippen molar-refractivity contribution >= 4 is 17.2 Å². The predicted molar refractivity (Wildman–Crippen MR) is 73.4 cm³/mol. The van der Waals surface area contributed by atoms with E-state index in [0.717, 1.165) is 10.7 Å². The van der Waals surface area contributed by atoms with Crippen LogP contribution >= 0.6 is 11.3 Å². The normalized spacial score (nSPS) is 10.3. The molecular formula is C13H15N3OS. The highest BCUT2D eigenvalue weighted by molar-refractivity contribution is 7.11. The number of nitrogens with zero attached hydrogens (tertiary/aromatic N) is 1. The maximum absolute atomic E-state index is 7.48. The van der Waals surface area contributed by atoms with Gasteiger partial charge in [0.25, 0.3) is 0 Å². The molecule has 3 N–H and O–H groups in total. The number of aryl methyl sites for hydroxylation is 2. The van der Waals surface area contributed by atoms with Gasteiger partial charge in [-0.05, 0) is 26.0 Å². The Morgan fingerprint density at radius 2 is 2.11 bits per heavy atom. The summed E-state index contributed by atoms with van der Waals surface area (Å²) < 4.78 is 5.68. The molecule has 94 valence electrons. The Bertz CT molecular complexity index is 558. The molecule has 0 aliphatic carbocycles. The molecule has 0 unspecified atom stereocenters. The zero-order valence-electron chi connectivity index (χ0n) is 10.4. The van der Waals surface area contributed by atoms with Gasteiger partial charge in [0.05, 0.1) is 11.3 Å². The number of nitrogens with one attached hydrogen (secondary N) is 1. The average Bonchev–Trinajstić information content (AvgIpc) is 2.66. The van der Waals surface area contributed by atoms with Gasteiger partial charge >= 0.3 is 0 Å². The number of nitrogens with two attached hydrogens (primary N) is 1. The van der Waals surface area contributed by atoms with Crippen LogP contribution in [0.2, 0.25) is 0 Å². The highest BCUT2D eigenvalue weighted by Crippen LogP contribution is 2.21. The number of rotatable bonds is 4. The molecule has 0 saturated heterocycles. The van der Waals surface area contributed by atoms with Gasteiger partial charge < -0.3 is 10.5 Å². The molecule has 0 bridgehead atoms.